The van der Waals surface area contributed by atoms with Crippen LogP contribution in [0, 0.1) is 0 Å². The molecule has 0 saturated carbocycles. The Kier molecular flexibility index (Phi) is 6.81. The number of aliphatic hydroxyl groups excluding tert-OH is 1. The van der Waals surface area contributed by atoms with Gasteiger partial charge >= 0.3 is 0 Å². The molecule has 0 fully saturated rings. The predicted molar refractivity (Wildman–Crippen MR) is 111 cm³/mol. The topological polar surface area (TPSA) is 80.6 Å². The number of amides is 1. The standard InChI is InChI=1S/C23H24N2O4/c1-17(26)24-13-15-25-14-12-20(27)23(29-16-18-8-4-2-5-9-18)21(25)22(28)19-10-6-3-7-11-19/h2-12,14,22,28H,13,15-16H2,1H3,(H,24,26). The Morgan fingerprint density at radius 3 is 2.38 bits per heavy atom. The Labute approximate surface area is 169 Å². The van der Waals surface area contributed by atoms with Crippen molar-refractivity contribution in [2.24, 2.45) is 0 Å². The third kappa shape index (κ3) is 5.33. The van der Waals surface area contributed by atoms with Crippen molar-refractivity contribution < 1.29 is 14.6 Å². The molecule has 1 unspecified atom stereocenters. The number of nitrogens with zero attached hydrogens (tertiary/aromatic N) is 1. The Hall–Kier alpha value is -3.38. The molecule has 0 aliphatic heterocycles. The monoisotopic (exact) mass is 392 g/mol. The summed E-state index contributed by atoms with van der Waals surface area (Å²) in [5.74, 6) is -0.0349. The number of nitrogens with one attached hydrogen (secondary N) is 1. The molecule has 150 valence electrons. The molecule has 1 atom stereocenters. The van der Waals surface area contributed by atoms with Gasteiger partial charge in [-0.2, -0.15) is 0 Å². The molecule has 0 aliphatic rings. The van der Waals surface area contributed by atoms with Crippen LogP contribution in [0.2, 0.25) is 0 Å². The summed E-state index contributed by atoms with van der Waals surface area (Å²) in [5, 5.41) is 13.8. The molecule has 2 N–H and O–H groups in total. The summed E-state index contributed by atoms with van der Waals surface area (Å²) in [6, 6.07) is 20.0. The smallest absolute Gasteiger partial charge is 0.223 e. The van der Waals surface area contributed by atoms with Gasteiger partial charge in [-0.25, -0.2) is 0 Å². The van der Waals surface area contributed by atoms with Crippen LogP contribution in [0.4, 0.5) is 0 Å². The normalized spacial score (nSPS) is 11.7. The zero-order valence-electron chi connectivity index (χ0n) is 16.2. The van der Waals surface area contributed by atoms with Gasteiger partial charge in [-0.15, -0.1) is 0 Å². The van der Waals surface area contributed by atoms with Crippen LogP contribution in [0.25, 0.3) is 0 Å². The number of ether oxygens (including phenoxy) is 1. The highest BCUT2D eigenvalue weighted by Crippen LogP contribution is 2.28. The van der Waals surface area contributed by atoms with E-state index in [1.807, 2.05) is 48.5 Å². The molecule has 6 heteroatoms. The van der Waals surface area contributed by atoms with Gasteiger partial charge in [0, 0.05) is 32.3 Å². The average molecular weight is 392 g/mol. The van der Waals surface area contributed by atoms with E-state index in [9.17, 15) is 14.7 Å². The first-order valence-electron chi connectivity index (χ1n) is 9.44. The lowest BCUT2D eigenvalue weighted by atomic mass is 10.0. The van der Waals surface area contributed by atoms with E-state index in [0.29, 0.717) is 24.3 Å². The summed E-state index contributed by atoms with van der Waals surface area (Å²) in [6.07, 6.45) is 0.564. The van der Waals surface area contributed by atoms with Crippen LogP contribution < -0.4 is 15.5 Å². The third-order valence-electron chi connectivity index (χ3n) is 4.50. The summed E-state index contributed by atoms with van der Waals surface area (Å²) < 4.78 is 7.63. The van der Waals surface area contributed by atoms with Gasteiger partial charge in [-0.3, -0.25) is 9.59 Å². The predicted octanol–water partition coefficient (Wildman–Crippen LogP) is 2.65. The van der Waals surface area contributed by atoms with Crippen LogP contribution in [0.1, 0.15) is 29.8 Å². The molecule has 0 aliphatic carbocycles. The van der Waals surface area contributed by atoms with Gasteiger partial charge in [-0.1, -0.05) is 60.7 Å². The lowest BCUT2D eigenvalue weighted by Crippen LogP contribution is -2.27. The maximum Gasteiger partial charge on any atom is 0.223 e. The molecule has 29 heavy (non-hydrogen) atoms. The fraction of sp³-hybridized carbons (Fsp3) is 0.217. The van der Waals surface area contributed by atoms with Crippen molar-refractivity contribution in [2.45, 2.75) is 26.2 Å². The Morgan fingerprint density at radius 1 is 1.07 bits per heavy atom. The number of carbonyl (C=O) groups is 1. The van der Waals surface area contributed by atoms with Crippen molar-refractivity contribution in [3.05, 3.63) is 100.0 Å². The number of aliphatic hydroxyl groups is 1. The van der Waals surface area contributed by atoms with Crippen LogP contribution in [0.5, 0.6) is 5.75 Å². The highest BCUT2D eigenvalue weighted by molar-refractivity contribution is 5.72. The number of pyridine rings is 1. The zero-order valence-corrected chi connectivity index (χ0v) is 16.2. The average Bonchev–Trinajstić information content (AvgIpc) is 2.74. The number of aromatic nitrogens is 1. The van der Waals surface area contributed by atoms with Crippen LogP contribution in [0.3, 0.4) is 0 Å². The molecular formula is C23H24N2O4. The fourth-order valence-electron chi connectivity index (χ4n) is 3.07. The maximum atomic E-state index is 12.6. The molecule has 3 aromatic rings. The molecular weight excluding hydrogens is 368 g/mol. The molecule has 0 radical (unpaired) electrons. The maximum absolute atomic E-state index is 12.6. The van der Waals surface area contributed by atoms with E-state index in [1.165, 1.54) is 13.0 Å². The lowest BCUT2D eigenvalue weighted by Gasteiger charge is -2.22. The van der Waals surface area contributed by atoms with Crippen molar-refractivity contribution in [1.82, 2.24) is 9.88 Å². The molecule has 1 aromatic heterocycles. The summed E-state index contributed by atoms with van der Waals surface area (Å²) in [4.78, 5) is 23.8. The SMILES string of the molecule is CC(=O)NCCn1ccc(=O)c(OCc2ccccc2)c1C(O)c1ccccc1. The second kappa shape index (κ2) is 9.71. The molecule has 0 spiro atoms. The highest BCUT2D eigenvalue weighted by Gasteiger charge is 2.22. The van der Waals surface area contributed by atoms with E-state index >= 15 is 0 Å². The lowest BCUT2D eigenvalue weighted by molar-refractivity contribution is -0.118. The van der Waals surface area contributed by atoms with Crippen LogP contribution in [-0.4, -0.2) is 22.1 Å². The minimum atomic E-state index is -1.05. The summed E-state index contributed by atoms with van der Waals surface area (Å²) in [5.41, 5.74) is 1.63. The Morgan fingerprint density at radius 2 is 1.72 bits per heavy atom. The Bertz CT molecular complexity index is 1000. The van der Waals surface area contributed by atoms with E-state index in [0.717, 1.165) is 5.56 Å². The summed E-state index contributed by atoms with van der Waals surface area (Å²) >= 11 is 0. The van der Waals surface area contributed by atoms with Crippen molar-refractivity contribution in [1.29, 1.82) is 0 Å². The second-order valence-electron chi connectivity index (χ2n) is 6.66. The van der Waals surface area contributed by atoms with Crippen LogP contribution >= 0.6 is 0 Å². The first-order chi connectivity index (χ1) is 14.1. The van der Waals surface area contributed by atoms with Crippen LogP contribution in [0.15, 0.2) is 77.7 Å². The summed E-state index contributed by atoms with van der Waals surface area (Å²) in [6.45, 7) is 2.41. The third-order valence-corrected chi connectivity index (χ3v) is 4.50. The number of benzene rings is 2. The van der Waals surface area contributed by atoms with E-state index in [4.69, 9.17) is 4.74 Å². The van der Waals surface area contributed by atoms with Gasteiger partial charge in [-0.05, 0) is 11.1 Å². The first-order valence-corrected chi connectivity index (χ1v) is 9.44. The number of carbonyl (C=O) groups excluding carboxylic acids is 1. The molecule has 3 rings (SSSR count). The minimum absolute atomic E-state index is 0.107. The van der Waals surface area contributed by atoms with E-state index in [-0.39, 0.29) is 23.7 Å². The number of hydrogen-bond donors (Lipinski definition) is 2. The van der Waals surface area contributed by atoms with Crippen LogP contribution in [-0.2, 0) is 17.9 Å². The number of rotatable bonds is 8. The van der Waals surface area contributed by atoms with Crippen molar-refractivity contribution >= 4 is 5.91 Å². The zero-order chi connectivity index (χ0) is 20.6. The molecule has 0 saturated heterocycles. The molecule has 6 nitrogen and oxygen atoms in total. The molecule has 1 amide bonds. The van der Waals surface area contributed by atoms with E-state index in [2.05, 4.69) is 5.32 Å². The van der Waals surface area contributed by atoms with Crippen molar-refractivity contribution in [3.8, 4) is 5.75 Å². The van der Waals surface area contributed by atoms with Crippen molar-refractivity contribution in [2.75, 3.05) is 6.54 Å². The Balaban J connectivity index is 1.97. The van der Waals surface area contributed by atoms with Crippen molar-refractivity contribution in [3.63, 3.8) is 0 Å². The van der Waals surface area contributed by atoms with Gasteiger partial charge in [0.1, 0.15) is 12.7 Å². The quantitative estimate of drug-likeness (QED) is 0.618. The summed E-state index contributed by atoms with van der Waals surface area (Å²) in [7, 11) is 0. The van der Waals surface area contributed by atoms with Gasteiger partial charge in [0.15, 0.2) is 5.75 Å². The molecule has 2 aromatic carbocycles. The minimum Gasteiger partial charge on any atom is -0.483 e. The first kappa shape index (κ1) is 20.4. The van der Waals surface area contributed by atoms with Gasteiger partial charge in [0.25, 0.3) is 0 Å². The van der Waals surface area contributed by atoms with E-state index < -0.39 is 6.10 Å². The molecule has 0 bridgehead atoms. The fourth-order valence-corrected chi connectivity index (χ4v) is 3.07. The van der Waals surface area contributed by atoms with Gasteiger partial charge in [0.05, 0.1) is 5.69 Å². The largest absolute Gasteiger partial charge is 0.483 e. The number of hydrogen-bond acceptors (Lipinski definition) is 4. The van der Waals surface area contributed by atoms with Gasteiger partial charge < -0.3 is 19.7 Å². The van der Waals surface area contributed by atoms with Gasteiger partial charge in [0.2, 0.25) is 11.3 Å². The molecule has 1 heterocycles. The highest BCUT2D eigenvalue weighted by atomic mass is 16.5. The van der Waals surface area contributed by atoms with E-state index in [1.54, 1.807) is 22.9 Å². The second-order valence-corrected chi connectivity index (χ2v) is 6.66.